The molecule has 24 heavy (non-hydrogen) atoms. The van der Waals surface area contributed by atoms with Crippen LogP contribution in [0, 0.1) is 0 Å². The minimum absolute atomic E-state index is 0.0901. The van der Waals surface area contributed by atoms with E-state index in [1.807, 2.05) is 0 Å². The van der Waals surface area contributed by atoms with Crippen LogP contribution in [0.1, 0.15) is 0 Å². The SMILES string of the molecule is FN1P(F)N=P(Oc2ccccc2)(Oc2ccccc2)N(F)P1F. The molecule has 128 valence electrons. The fourth-order valence-corrected chi connectivity index (χ4v) is 7.09. The molecule has 0 aliphatic carbocycles. The fraction of sp³-hybridized carbons (Fsp3) is 0. The van der Waals surface area contributed by atoms with E-state index in [1.54, 1.807) is 36.4 Å². The lowest BCUT2D eigenvalue weighted by atomic mass is 10.3. The van der Waals surface area contributed by atoms with Gasteiger partial charge in [-0.25, -0.2) is 0 Å². The van der Waals surface area contributed by atoms with Gasteiger partial charge in [-0.1, -0.05) is 36.4 Å². The maximum absolute atomic E-state index is 14.4. The van der Waals surface area contributed by atoms with Gasteiger partial charge in [-0.15, -0.1) is 13.5 Å². The first kappa shape index (κ1) is 17.6. The number of para-hydroxylation sites is 2. The van der Waals surface area contributed by atoms with E-state index in [1.165, 1.54) is 24.3 Å². The lowest BCUT2D eigenvalue weighted by Crippen LogP contribution is -2.20. The molecular formula is C12H10F4N3O2P3. The predicted molar refractivity (Wildman–Crippen MR) is 85.4 cm³/mol. The van der Waals surface area contributed by atoms with E-state index in [9.17, 15) is 17.4 Å². The Morgan fingerprint density at radius 1 is 0.833 bits per heavy atom. The third-order valence-electron chi connectivity index (χ3n) is 2.74. The summed E-state index contributed by atoms with van der Waals surface area (Å²) in [5, 5.41) is 0. The van der Waals surface area contributed by atoms with Gasteiger partial charge in [0.1, 0.15) is 11.5 Å². The Morgan fingerprint density at radius 3 is 1.75 bits per heavy atom. The van der Waals surface area contributed by atoms with E-state index >= 15 is 0 Å². The number of benzene rings is 2. The second kappa shape index (κ2) is 7.34. The lowest BCUT2D eigenvalue weighted by Gasteiger charge is -2.34. The quantitative estimate of drug-likeness (QED) is 0.321. The van der Waals surface area contributed by atoms with Gasteiger partial charge >= 0.3 is 24.7 Å². The molecule has 0 spiro atoms. The zero-order valence-corrected chi connectivity index (χ0v) is 14.5. The molecule has 0 fully saturated rings. The van der Waals surface area contributed by atoms with Crippen LogP contribution in [-0.4, -0.2) is 9.33 Å². The average molecular weight is 397 g/mol. The van der Waals surface area contributed by atoms with Crippen molar-refractivity contribution >= 4 is 24.7 Å². The summed E-state index contributed by atoms with van der Waals surface area (Å²) in [6.07, 6.45) is 0. The van der Waals surface area contributed by atoms with Gasteiger partial charge < -0.3 is 9.05 Å². The molecule has 2 atom stereocenters. The van der Waals surface area contributed by atoms with Crippen LogP contribution in [-0.2, 0) is 0 Å². The second-order valence-electron chi connectivity index (χ2n) is 4.35. The summed E-state index contributed by atoms with van der Waals surface area (Å²) in [5.41, 5.74) is 0. The Labute approximate surface area is 137 Å². The van der Waals surface area contributed by atoms with E-state index in [0.29, 0.717) is 0 Å². The average Bonchev–Trinajstić information content (AvgIpc) is 2.60. The molecule has 0 amide bonds. The van der Waals surface area contributed by atoms with Crippen LogP contribution in [0.2, 0.25) is 0 Å². The van der Waals surface area contributed by atoms with Crippen LogP contribution in [0.5, 0.6) is 11.5 Å². The molecule has 2 unspecified atom stereocenters. The Balaban J connectivity index is 2.05. The minimum Gasteiger partial charge on any atom is -0.417 e. The van der Waals surface area contributed by atoms with Crippen molar-refractivity contribution in [2.75, 3.05) is 0 Å². The van der Waals surface area contributed by atoms with Gasteiger partial charge in [0.25, 0.3) is 0 Å². The van der Waals surface area contributed by atoms with Crippen molar-refractivity contribution in [2.45, 2.75) is 0 Å². The van der Waals surface area contributed by atoms with Crippen LogP contribution >= 0.6 is 24.7 Å². The van der Waals surface area contributed by atoms with Gasteiger partial charge in [0.15, 0.2) is 0 Å². The van der Waals surface area contributed by atoms with Crippen molar-refractivity contribution in [3.8, 4) is 11.5 Å². The molecule has 0 N–H and O–H groups in total. The summed E-state index contributed by atoms with van der Waals surface area (Å²) in [7, 11) is -11.4. The Kier molecular flexibility index (Phi) is 5.38. The molecule has 1 heterocycles. The molecule has 1 aliphatic heterocycles. The smallest absolute Gasteiger partial charge is 0.417 e. The third kappa shape index (κ3) is 3.56. The van der Waals surface area contributed by atoms with Gasteiger partial charge in [-0.3, -0.25) is 0 Å². The van der Waals surface area contributed by atoms with E-state index < -0.39 is 34.1 Å². The molecule has 0 saturated heterocycles. The first-order valence-corrected chi connectivity index (χ1v) is 10.3. The third-order valence-corrected chi connectivity index (χ3v) is 8.37. The minimum atomic E-state index is -4.26. The summed E-state index contributed by atoms with van der Waals surface area (Å²) in [6, 6.07) is 15.5. The summed E-state index contributed by atoms with van der Waals surface area (Å²) >= 11 is 0. The Morgan fingerprint density at radius 2 is 1.29 bits per heavy atom. The van der Waals surface area contributed by atoms with Gasteiger partial charge in [0.05, 0.1) is 0 Å². The normalized spacial score (nSPS) is 24.2. The molecule has 2 aromatic rings. The van der Waals surface area contributed by atoms with E-state index in [2.05, 4.69) is 4.52 Å². The maximum atomic E-state index is 14.4. The van der Waals surface area contributed by atoms with Crippen molar-refractivity contribution < 1.29 is 26.4 Å². The van der Waals surface area contributed by atoms with E-state index in [0.717, 1.165) is 0 Å². The maximum Gasteiger partial charge on any atom is 0.440 e. The van der Waals surface area contributed by atoms with Crippen molar-refractivity contribution in [3.05, 3.63) is 60.7 Å². The number of rotatable bonds is 4. The van der Waals surface area contributed by atoms with Crippen LogP contribution in [0.15, 0.2) is 65.2 Å². The Hall–Kier alpha value is -1.23. The molecular weight excluding hydrogens is 387 g/mol. The van der Waals surface area contributed by atoms with Crippen LogP contribution < -0.4 is 9.05 Å². The predicted octanol–water partition coefficient (Wildman–Crippen LogP) is 6.87. The molecule has 0 bridgehead atoms. The highest BCUT2D eigenvalue weighted by Gasteiger charge is 2.54. The molecule has 3 rings (SSSR count). The number of nitrogens with zero attached hydrogens (tertiary/aromatic N) is 3. The highest BCUT2D eigenvalue weighted by molar-refractivity contribution is 7.78. The zero-order valence-electron chi connectivity index (χ0n) is 11.8. The highest BCUT2D eigenvalue weighted by atomic mass is 31.3. The monoisotopic (exact) mass is 397 g/mol. The second-order valence-corrected chi connectivity index (χ2v) is 9.41. The number of halogens is 4. The summed E-state index contributed by atoms with van der Waals surface area (Å²) in [6.45, 7) is 0. The van der Waals surface area contributed by atoms with E-state index in [4.69, 9.17) is 9.05 Å². The number of hydrogen-bond acceptors (Lipinski definition) is 5. The fourth-order valence-electron chi connectivity index (χ4n) is 1.73. The molecule has 0 radical (unpaired) electrons. The van der Waals surface area contributed by atoms with Crippen molar-refractivity contribution in [2.24, 2.45) is 4.52 Å². The molecule has 1 aliphatic rings. The van der Waals surface area contributed by atoms with Gasteiger partial charge in [0.2, 0.25) is 0 Å². The van der Waals surface area contributed by atoms with Crippen LogP contribution in [0.4, 0.5) is 17.4 Å². The van der Waals surface area contributed by atoms with Gasteiger partial charge in [-0.05, 0) is 28.9 Å². The lowest BCUT2D eigenvalue weighted by molar-refractivity contribution is 0.170. The largest absolute Gasteiger partial charge is 0.440 e. The zero-order chi connectivity index (χ0) is 17.2. The number of hydrogen-bond donors (Lipinski definition) is 0. The van der Waals surface area contributed by atoms with Crippen molar-refractivity contribution in [1.82, 2.24) is 9.33 Å². The summed E-state index contributed by atoms with van der Waals surface area (Å²) in [5.74, 6) is 0.180. The molecule has 0 aromatic heterocycles. The molecule has 5 nitrogen and oxygen atoms in total. The van der Waals surface area contributed by atoms with E-state index in [-0.39, 0.29) is 11.5 Å². The topological polar surface area (TPSA) is 37.3 Å². The molecule has 12 heteroatoms. The first-order chi connectivity index (χ1) is 11.5. The van der Waals surface area contributed by atoms with Gasteiger partial charge in [0, 0.05) is 4.66 Å². The molecule has 0 saturated carbocycles. The Bertz CT molecular complexity index is 697. The first-order valence-electron chi connectivity index (χ1n) is 6.47. The summed E-state index contributed by atoms with van der Waals surface area (Å²) in [4.78, 5) is 0. The van der Waals surface area contributed by atoms with Crippen LogP contribution in [0.3, 0.4) is 0 Å². The summed E-state index contributed by atoms with van der Waals surface area (Å²) < 4.78 is 68.1. The highest BCUT2D eigenvalue weighted by Crippen LogP contribution is 2.79. The van der Waals surface area contributed by atoms with Crippen molar-refractivity contribution in [3.63, 3.8) is 0 Å². The molecule has 2 aromatic carbocycles. The van der Waals surface area contributed by atoms with Gasteiger partial charge in [-0.2, -0.15) is 8.39 Å². The standard InChI is InChI=1S/C12H10F4N3O2P3/c13-18-22(15)17-24(19(14)23(18)16,20-11-7-3-1-4-8-11)21-12-9-5-2-6-10-12/h1-10H. The van der Waals surface area contributed by atoms with Crippen LogP contribution in [0.25, 0.3) is 0 Å². The van der Waals surface area contributed by atoms with Crippen molar-refractivity contribution in [1.29, 1.82) is 0 Å².